The molecule has 1 saturated heterocycles. The van der Waals surface area contributed by atoms with E-state index < -0.39 is 5.97 Å². The summed E-state index contributed by atoms with van der Waals surface area (Å²) in [5.74, 6) is -0.104. The summed E-state index contributed by atoms with van der Waals surface area (Å²) in [6, 6.07) is 12.7. The molecule has 25 heavy (non-hydrogen) atoms. The van der Waals surface area contributed by atoms with Crippen molar-refractivity contribution in [3.8, 4) is 11.4 Å². The van der Waals surface area contributed by atoms with Crippen molar-refractivity contribution in [2.45, 2.75) is 18.9 Å². The minimum atomic E-state index is -0.945. The molecule has 0 unspecified atom stereocenters. The predicted octanol–water partition coefficient (Wildman–Crippen LogP) is 2.85. The van der Waals surface area contributed by atoms with Gasteiger partial charge in [0.25, 0.3) is 0 Å². The number of ether oxygens (including phenoxy) is 1. The van der Waals surface area contributed by atoms with Crippen LogP contribution in [-0.4, -0.2) is 39.8 Å². The summed E-state index contributed by atoms with van der Waals surface area (Å²) in [5, 5.41) is 12.5. The lowest BCUT2D eigenvalue weighted by atomic mass is 10.1. The Balaban J connectivity index is 1.60. The summed E-state index contributed by atoms with van der Waals surface area (Å²) in [6.45, 7) is 1.94. The van der Waals surface area contributed by atoms with E-state index in [2.05, 4.69) is 10.3 Å². The summed E-state index contributed by atoms with van der Waals surface area (Å²) in [7, 11) is 0. The molecule has 2 aromatic carbocycles. The molecule has 1 aliphatic heterocycles. The monoisotopic (exact) mass is 337 g/mol. The SMILES string of the molecule is O=C(O)c1ccc2ncn(-c3ccc(O[C@@H]4CCCNC4)cc3)c2c1. The number of carbonyl (C=O) groups is 1. The van der Waals surface area contributed by atoms with Crippen LogP contribution >= 0.6 is 0 Å². The quantitative estimate of drug-likeness (QED) is 0.765. The fourth-order valence-electron chi connectivity index (χ4n) is 3.14. The molecule has 1 aromatic heterocycles. The summed E-state index contributed by atoms with van der Waals surface area (Å²) < 4.78 is 7.88. The van der Waals surface area contributed by atoms with E-state index in [-0.39, 0.29) is 11.7 Å². The molecule has 3 aromatic rings. The molecule has 0 aliphatic carbocycles. The Morgan fingerprint density at radius 1 is 1.24 bits per heavy atom. The molecule has 0 spiro atoms. The first-order valence-electron chi connectivity index (χ1n) is 8.39. The van der Waals surface area contributed by atoms with E-state index >= 15 is 0 Å². The number of piperidine rings is 1. The van der Waals surface area contributed by atoms with E-state index in [0.717, 1.165) is 48.4 Å². The maximum absolute atomic E-state index is 11.2. The summed E-state index contributed by atoms with van der Waals surface area (Å²) in [6.07, 6.45) is 4.12. The Labute approximate surface area is 145 Å². The standard InChI is InChI=1S/C19H19N3O3/c23-19(24)13-3-8-17-18(10-13)22(12-21-17)14-4-6-15(7-5-14)25-16-2-1-9-20-11-16/h3-8,10,12,16,20H,1-2,9,11H2,(H,23,24)/t16-/m1/s1. The zero-order chi connectivity index (χ0) is 17.2. The van der Waals surface area contributed by atoms with Crippen molar-refractivity contribution in [1.29, 1.82) is 0 Å². The molecule has 1 fully saturated rings. The fourth-order valence-corrected chi connectivity index (χ4v) is 3.14. The van der Waals surface area contributed by atoms with Gasteiger partial charge >= 0.3 is 5.97 Å². The largest absolute Gasteiger partial charge is 0.489 e. The molecule has 2 N–H and O–H groups in total. The number of aromatic carboxylic acids is 1. The van der Waals surface area contributed by atoms with E-state index in [1.807, 2.05) is 28.8 Å². The van der Waals surface area contributed by atoms with Crippen molar-refractivity contribution >= 4 is 17.0 Å². The number of fused-ring (bicyclic) bond motifs is 1. The van der Waals surface area contributed by atoms with E-state index in [1.165, 1.54) is 0 Å². The van der Waals surface area contributed by atoms with Gasteiger partial charge in [0.15, 0.2) is 0 Å². The minimum absolute atomic E-state index is 0.215. The Morgan fingerprint density at radius 2 is 2.08 bits per heavy atom. The minimum Gasteiger partial charge on any atom is -0.489 e. The molecule has 128 valence electrons. The van der Waals surface area contributed by atoms with E-state index in [4.69, 9.17) is 4.74 Å². The van der Waals surface area contributed by atoms with Gasteiger partial charge in [-0.2, -0.15) is 0 Å². The lowest BCUT2D eigenvalue weighted by Crippen LogP contribution is -2.37. The first-order valence-corrected chi connectivity index (χ1v) is 8.39. The second kappa shape index (κ2) is 6.57. The maximum Gasteiger partial charge on any atom is 0.335 e. The molecule has 0 saturated carbocycles. The van der Waals surface area contributed by atoms with Crippen LogP contribution in [0.5, 0.6) is 5.75 Å². The Bertz CT molecular complexity index is 896. The van der Waals surface area contributed by atoms with Gasteiger partial charge in [0.1, 0.15) is 18.2 Å². The van der Waals surface area contributed by atoms with E-state index in [1.54, 1.807) is 24.5 Å². The third-order valence-corrected chi connectivity index (χ3v) is 4.46. The topological polar surface area (TPSA) is 76.4 Å². The number of benzene rings is 2. The van der Waals surface area contributed by atoms with Crippen molar-refractivity contribution in [2.24, 2.45) is 0 Å². The van der Waals surface area contributed by atoms with Gasteiger partial charge in [0.05, 0.1) is 16.6 Å². The smallest absolute Gasteiger partial charge is 0.335 e. The van der Waals surface area contributed by atoms with Gasteiger partial charge < -0.3 is 15.2 Å². The molecule has 6 heteroatoms. The summed E-state index contributed by atoms with van der Waals surface area (Å²) in [5.41, 5.74) is 2.70. The molecular weight excluding hydrogens is 318 g/mol. The third kappa shape index (κ3) is 3.21. The molecule has 0 amide bonds. The van der Waals surface area contributed by atoms with Crippen LogP contribution in [0.15, 0.2) is 48.8 Å². The lowest BCUT2D eigenvalue weighted by molar-refractivity contribution is 0.0697. The average molecular weight is 337 g/mol. The highest BCUT2D eigenvalue weighted by atomic mass is 16.5. The number of hydrogen-bond donors (Lipinski definition) is 2. The van der Waals surface area contributed by atoms with Crippen molar-refractivity contribution in [3.63, 3.8) is 0 Å². The second-order valence-electron chi connectivity index (χ2n) is 6.20. The van der Waals surface area contributed by atoms with E-state index in [9.17, 15) is 9.90 Å². The molecule has 0 radical (unpaired) electrons. The number of nitrogens with one attached hydrogen (secondary N) is 1. The van der Waals surface area contributed by atoms with Crippen molar-refractivity contribution in [2.75, 3.05) is 13.1 Å². The highest BCUT2D eigenvalue weighted by Gasteiger charge is 2.14. The number of carboxylic acid groups (broad SMARTS) is 1. The Morgan fingerprint density at radius 3 is 2.80 bits per heavy atom. The van der Waals surface area contributed by atoms with Gasteiger partial charge in [0.2, 0.25) is 0 Å². The molecule has 2 heterocycles. The number of aromatic nitrogens is 2. The van der Waals surface area contributed by atoms with Crippen LogP contribution in [0.1, 0.15) is 23.2 Å². The maximum atomic E-state index is 11.2. The summed E-state index contributed by atoms with van der Waals surface area (Å²) >= 11 is 0. The van der Waals surface area contributed by atoms with Gasteiger partial charge in [0, 0.05) is 12.2 Å². The Hall–Kier alpha value is -2.86. The highest BCUT2D eigenvalue weighted by molar-refractivity contribution is 5.92. The van der Waals surface area contributed by atoms with Crippen LogP contribution in [0.3, 0.4) is 0 Å². The number of rotatable bonds is 4. The number of imidazole rings is 1. The molecular formula is C19H19N3O3. The fraction of sp³-hybridized carbons (Fsp3) is 0.263. The van der Waals surface area contributed by atoms with Crippen LogP contribution in [-0.2, 0) is 0 Å². The highest BCUT2D eigenvalue weighted by Crippen LogP contribution is 2.23. The number of carboxylic acids is 1. The molecule has 0 bridgehead atoms. The van der Waals surface area contributed by atoms with E-state index in [0.29, 0.717) is 0 Å². The van der Waals surface area contributed by atoms with Crippen LogP contribution < -0.4 is 10.1 Å². The molecule has 6 nitrogen and oxygen atoms in total. The van der Waals surface area contributed by atoms with Crippen LogP contribution in [0.25, 0.3) is 16.7 Å². The van der Waals surface area contributed by atoms with Gasteiger partial charge in [-0.25, -0.2) is 9.78 Å². The van der Waals surface area contributed by atoms with Crippen LogP contribution in [0.2, 0.25) is 0 Å². The number of hydrogen-bond acceptors (Lipinski definition) is 4. The second-order valence-corrected chi connectivity index (χ2v) is 6.20. The molecule has 4 rings (SSSR count). The van der Waals surface area contributed by atoms with Crippen molar-refractivity contribution < 1.29 is 14.6 Å². The molecule has 1 aliphatic rings. The van der Waals surface area contributed by atoms with Crippen molar-refractivity contribution in [3.05, 3.63) is 54.4 Å². The first-order chi connectivity index (χ1) is 12.2. The zero-order valence-corrected chi connectivity index (χ0v) is 13.7. The van der Waals surface area contributed by atoms with Crippen molar-refractivity contribution in [1.82, 2.24) is 14.9 Å². The third-order valence-electron chi connectivity index (χ3n) is 4.46. The molecule has 1 atom stereocenters. The lowest BCUT2D eigenvalue weighted by Gasteiger charge is -2.24. The van der Waals surface area contributed by atoms with Gasteiger partial charge in [-0.05, 0) is 61.9 Å². The van der Waals surface area contributed by atoms with Crippen LogP contribution in [0, 0.1) is 0 Å². The normalized spacial score (nSPS) is 17.5. The van der Waals surface area contributed by atoms with Gasteiger partial charge in [-0.1, -0.05) is 0 Å². The Kier molecular flexibility index (Phi) is 4.11. The predicted molar refractivity (Wildman–Crippen MR) is 94.5 cm³/mol. The van der Waals surface area contributed by atoms with Gasteiger partial charge in [-0.15, -0.1) is 0 Å². The average Bonchev–Trinajstić information content (AvgIpc) is 3.06. The zero-order valence-electron chi connectivity index (χ0n) is 13.7. The summed E-state index contributed by atoms with van der Waals surface area (Å²) in [4.78, 5) is 15.5. The first kappa shape index (κ1) is 15.7. The number of nitrogens with zero attached hydrogens (tertiary/aromatic N) is 2. The van der Waals surface area contributed by atoms with Crippen LogP contribution in [0.4, 0.5) is 0 Å². The van der Waals surface area contributed by atoms with Gasteiger partial charge in [-0.3, -0.25) is 4.57 Å².